The molecule has 0 unspecified atom stereocenters. The largest absolute Gasteiger partial charge is 0.508 e. The molecular formula is C50H66O13. The fourth-order valence-electron chi connectivity index (χ4n) is 16.0. The van der Waals surface area contributed by atoms with Crippen molar-refractivity contribution in [2.75, 3.05) is 0 Å². The molecule has 0 aromatic heterocycles. The van der Waals surface area contributed by atoms with Gasteiger partial charge in [-0.05, 0) is 85.5 Å². The van der Waals surface area contributed by atoms with Crippen LogP contribution in [0.3, 0.4) is 0 Å². The number of hydrogen-bond donors (Lipinski definition) is 5. The van der Waals surface area contributed by atoms with Crippen LogP contribution in [0.5, 0.6) is 23.0 Å². The van der Waals surface area contributed by atoms with Crippen molar-refractivity contribution in [3.05, 3.63) is 45.5 Å². The van der Waals surface area contributed by atoms with E-state index in [-0.39, 0.29) is 41.8 Å². The van der Waals surface area contributed by atoms with Gasteiger partial charge in [-0.2, -0.15) is 0 Å². The molecule has 2 aromatic rings. The van der Waals surface area contributed by atoms with Gasteiger partial charge in [0.1, 0.15) is 58.6 Å². The van der Waals surface area contributed by atoms with E-state index in [1.165, 1.54) is 13.8 Å². The molecule has 2 bridgehead atoms. The summed E-state index contributed by atoms with van der Waals surface area (Å²) in [4.78, 5) is 24.5. The maximum absolute atomic E-state index is 12.6. The molecule has 2 spiro atoms. The zero-order chi connectivity index (χ0) is 45.3. The zero-order valence-electron chi connectivity index (χ0n) is 38.4. The Bertz CT molecular complexity index is 2290. The molecule has 4 aliphatic carbocycles. The molecule has 4 saturated carbocycles. The van der Waals surface area contributed by atoms with Crippen molar-refractivity contribution < 1.29 is 63.5 Å². The van der Waals surface area contributed by atoms with E-state index in [4.69, 9.17) is 28.4 Å². The quantitative estimate of drug-likeness (QED) is 0.189. The summed E-state index contributed by atoms with van der Waals surface area (Å²) in [5.74, 6) is 0.0849. The summed E-state index contributed by atoms with van der Waals surface area (Å²) < 4.78 is 39.8. The van der Waals surface area contributed by atoms with Gasteiger partial charge < -0.3 is 54.0 Å². The van der Waals surface area contributed by atoms with Crippen LogP contribution < -0.4 is 9.47 Å². The highest BCUT2D eigenvalue weighted by atomic mass is 16.7. The molecule has 13 heteroatoms. The maximum Gasteiger partial charge on any atom is 0.303 e. The van der Waals surface area contributed by atoms with Crippen LogP contribution in [0.4, 0.5) is 0 Å². The van der Waals surface area contributed by atoms with Crippen LogP contribution in [-0.4, -0.2) is 73.1 Å². The van der Waals surface area contributed by atoms with Gasteiger partial charge in [-0.25, -0.2) is 0 Å². The summed E-state index contributed by atoms with van der Waals surface area (Å²) in [6, 6.07) is 3.31. The second-order valence-electron chi connectivity index (χ2n) is 22.6. The van der Waals surface area contributed by atoms with Crippen molar-refractivity contribution in [2.24, 2.45) is 45.3 Å². The number of phenols is 2. The van der Waals surface area contributed by atoms with Crippen LogP contribution >= 0.6 is 0 Å². The number of carbonyl (C=O) groups excluding carboxylic acids is 2. The number of phenolic OH excluding ortho intramolecular Hbond substituents is 2. The molecule has 15 atom stereocenters. The van der Waals surface area contributed by atoms with Gasteiger partial charge in [0.2, 0.25) is 0 Å². The summed E-state index contributed by atoms with van der Waals surface area (Å²) in [6.45, 7) is 19.7. The van der Waals surface area contributed by atoms with Crippen LogP contribution in [0.25, 0.3) is 0 Å². The average Bonchev–Trinajstić information content (AvgIpc) is 3.76. The van der Waals surface area contributed by atoms with E-state index < -0.39 is 87.7 Å². The van der Waals surface area contributed by atoms with Gasteiger partial charge in [0.05, 0.1) is 24.4 Å². The number of fused-ring (bicyclic) bond motifs is 14. The molecule has 2 aromatic carbocycles. The fraction of sp³-hybridized carbons (Fsp3) is 0.720. The summed E-state index contributed by atoms with van der Waals surface area (Å²) in [5.41, 5.74) is -0.783. The van der Waals surface area contributed by atoms with Crippen molar-refractivity contribution in [2.45, 2.75) is 181 Å². The molecule has 0 radical (unpaired) electrons. The summed E-state index contributed by atoms with van der Waals surface area (Å²) in [6.07, 6.45) is -1.81. The van der Waals surface area contributed by atoms with Crippen LogP contribution in [0.1, 0.15) is 160 Å². The molecule has 4 fully saturated rings. The van der Waals surface area contributed by atoms with Crippen molar-refractivity contribution in [3.63, 3.8) is 0 Å². The second kappa shape index (κ2) is 13.7. The minimum absolute atomic E-state index is 0.00295. The molecule has 0 amide bonds. The lowest BCUT2D eigenvalue weighted by atomic mass is 9.43. The Kier molecular flexibility index (Phi) is 9.42. The minimum atomic E-state index is -1.29. The number of rotatable bonds is 2. The number of carbonyl (C=O) groups is 2. The third-order valence-corrected chi connectivity index (χ3v) is 18.8. The lowest BCUT2D eigenvalue weighted by Gasteiger charge is -2.65. The van der Waals surface area contributed by atoms with E-state index in [9.17, 15) is 35.1 Å². The van der Waals surface area contributed by atoms with Gasteiger partial charge in [-0.1, -0.05) is 55.4 Å². The Balaban J connectivity index is 1.03. The lowest BCUT2D eigenvalue weighted by Crippen LogP contribution is -2.69. The minimum Gasteiger partial charge on any atom is -0.508 e. The first-order valence-corrected chi connectivity index (χ1v) is 23.2. The highest BCUT2D eigenvalue weighted by Gasteiger charge is 2.72. The maximum atomic E-state index is 12.6. The van der Waals surface area contributed by atoms with E-state index in [1.54, 1.807) is 12.1 Å². The third-order valence-electron chi connectivity index (χ3n) is 18.8. The smallest absolute Gasteiger partial charge is 0.303 e. The zero-order valence-corrected chi connectivity index (χ0v) is 38.4. The normalized spacial score (nSPS) is 43.5. The Labute approximate surface area is 369 Å². The van der Waals surface area contributed by atoms with E-state index >= 15 is 0 Å². The highest BCUT2D eigenvalue weighted by Crippen LogP contribution is 2.71. The SMILES string of the molecule is CC(=O)O[C@@H]1[C@H](O)C[C@@]2(C)[C@@H](CC[C@@H](C)[C@]23Cc2c(O)cc4c(c2O3)[C@H]2OCc3cc(O)c5c(c3[C@H](O2)[C@H]4O)O[C@]2(C5)[C@H](C)CC[C@H]3C(C)(C)[C@H](OC(C)=O)[C@H](O)C[C@@]32C)C1(C)C. The van der Waals surface area contributed by atoms with Gasteiger partial charge >= 0.3 is 11.9 Å². The number of benzene rings is 2. The number of ether oxygens (including phenoxy) is 6. The Hall–Kier alpha value is -3.62. The third kappa shape index (κ3) is 5.52. The van der Waals surface area contributed by atoms with Crippen molar-refractivity contribution in [1.29, 1.82) is 0 Å². The molecule has 13 nitrogen and oxygen atoms in total. The average molecular weight is 875 g/mol. The standard InChI is InChI=1S/C50H66O13/c1-22-11-13-34-45(5,6)42(59-24(3)51)32(55)19-47(34,9)49(22)17-28-30(53)15-26-21-58-44-37-27(38(57)41(61-44)36(26)39(28)62-49)16-31(54)29-18-50(63-40(29)37)23(2)12-14-35-46(7,8)43(60-25(4)52)33(56)20-48(35,50)10/h15-16,22-23,32-35,38,41-44,53-57H,11-14,17-21H2,1-10H3/t22-,23-,32-,33-,34+,35+,38+,41+,42-,43-,44+,47+,48+,49-,50-/m1/s1. The van der Waals surface area contributed by atoms with E-state index in [1.807, 2.05) is 0 Å². The second-order valence-corrected chi connectivity index (χ2v) is 22.6. The predicted molar refractivity (Wildman–Crippen MR) is 227 cm³/mol. The van der Waals surface area contributed by atoms with Crippen molar-refractivity contribution in [1.82, 2.24) is 0 Å². The van der Waals surface area contributed by atoms with E-state index in [0.717, 1.165) is 25.7 Å². The van der Waals surface area contributed by atoms with Gasteiger partial charge in [-0.3, -0.25) is 9.59 Å². The van der Waals surface area contributed by atoms with Gasteiger partial charge in [-0.15, -0.1) is 0 Å². The monoisotopic (exact) mass is 874 g/mol. The number of aliphatic hydroxyl groups is 3. The molecule has 10 rings (SSSR count). The van der Waals surface area contributed by atoms with Crippen LogP contribution in [0.2, 0.25) is 0 Å². The molecule has 8 aliphatic rings. The van der Waals surface area contributed by atoms with Crippen LogP contribution in [0.15, 0.2) is 12.1 Å². The van der Waals surface area contributed by atoms with Gasteiger partial charge in [0, 0.05) is 65.0 Å². The van der Waals surface area contributed by atoms with Gasteiger partial charge in [0.15, 0.2) is 6.29 Å². The predicted octanol–water partition coefficient (Wildman–Crippen LogP) is 7.33. The molecule has 5 N–H and O–H groups in total. The van der Waals surface area contributed by atoms with Gasteiger partial charge in [0.25, 0.3) is 0 Å². The Morgan fingerprint density at radius 3 is 1.62 bits per heavy atom. The molecule has 0 saturated heterocycles. The van der Waals surface area contributed by atoms with Crippen LogP contribution in [-0.2, 0) is 48.0 Å². The first-order valence-electron chi connectivity index (χ1n) is 23.2. The summed E-state index contributed by atoms with van der Waals surface area (Å²) in [7, 11) is 0. The van der Waals surface area contributed by atoms with E-state index in [0.29, 0.717) is 70.6 Å². The van der Waals surface area contributed by atoms with Crippen LogP contribution in [0, 0.1) is 45.3 Å². The number of aromatic hydroxyl groups is 2. The van der Waals surface area contributed by atoms with Crippen molar-refractivity contribution in [3.8, 4) is 23.0 Å². The number of aliphatic hydroxyl groups excluding tert-OH is 3. The Morgan fingerprint density at radius 2 is 1.14 bits per heavy atom. The van der Waals surface area contributed by atoms with Crippen molar-refractivity contribution >= 4 is 11.9 Å². The molecule has 4 aliphatic heterocycles. The first-order chi connectivity index (χ1) is 29.4. The first kappa shape index (κ1) is 43.3. The molecular weight excluding hydrogens is 809 g/mol. The Morgan fingerprint density at radius 1 is 0.683 bits per heavy atom. The van der Waals surface area contributed by atoms with E-state index in [2.05, 4.69) is 55.4 Å². The number of esters is 2. The highest BCUT2D eigenvalue weighted by molar-refractivity contribution is 5.67. The topological polar surface area (TPSA) is 191 Å². The number of hydrogen-bond acceptors (Lipinski definition) is 13. The molecule has 344 valence electrons. The molecule has 63 heavy (non-hydrogen) atoms. The lowest BCUT2D eigenvalue weighted by molar-refractivity contribution is -0.248. The summed E-state index contributed by atoms with van der Waals surface area (Å²) >= 11 is 0. The fourth-order valence-corrected chi connectivity index (χ4v) is 16.0. The summed E-state index contributed by atoms with van der Waals surface area (Å²) in [5, 5.41) is 59.9. The molecule has 4 heterocycles.